The molecule has 0 radical (unpaired) electrons. The minimum atomic E-state index is -0.832. The van der Waals surface area contributed by atoms with Gasteiger partial charge in [-0.2, -0.15) is 0 Å². The van der Waals surface area contributed by atoms with Gasteiger partial charge < -0.3 is 19.3 Å². The van der Waals surface area contributed by atoms with Crippen molar-refractivity contribution in [1.82, 2.24) is 15.1 Å². The van der Waals surface area contributed by atoms with Crippen molar-refractivity contribution in [3.63, 3.8) is 0 Å². The fraction of sp³-hybridized carbons (Fsp3) is 0.571. The number of amides is 4. The van der Waals surface area contributed by atoms with E-state index in [0.29, 0.717) is 44.0 Å². The Kier molecular flexibility index (Phi) is 6.00. The van der Waals surface area contributed by atoms with Crippen LogP contribution < -0.4 is 14.8 Å². The van der Waals surface area contributed by atoms with Crippen LogP contribution in [0.5, 0.6) is 11.5 Å². The zero-order chi connectivity index (χ0) is 21.2. The zero-order valence-corrected chi connectivity index (χ0v) is 17.5. The number of imide groups is 1. The molecule has 29 heavy (non-hydrogen) atoms. The number of hydrogen-bond donors (Lipinski definition) is 1. The van der Waals surface area contributed by atoms with Crippen LogP contribution in [0.2, 0.25) is 0 Å². The summed E-state index contributed by atoms with van der Waals surface area (Å²) in [6.45, 7) is 5.46. The van der Waals surface area contributed by atoms with E-state index in [-0.39, 0.29) is 30.2 Å². The van der Waals surface area contributed by atoms with Crippen molar-refractivity contribution in [2.24, 2.45) is 5.92 Å². The van der Waals surface area contributed by atoms with Crippen molar-refractivity contribution in [3.8, 4) is 11.5 Å². The van der Waals surface area contributed by atoms with E-state index in [2.05, 4.69) is 5.32 Å². The summed E-state index contributed by atoms with van der Waals surface area (Å²) >= 11 is 0. The highest BCUT2D eigenvalue weighted by Gasteiger charge is 2.54. The molecule has 2 saturated heterocycles. The van der Waals surface area contributed by atoms with Crippen molar-refractivity contribution in [1.29, 1.82) is 0 Å². The van der Waals surface area contributed by atoms with E-state index in [1.807, 2.05) is 19.9 Å². The number of rotatable bonds is 6. The third kappa shape index (κ3) is 4.02. The lowest BCUT2D eigenvalue weighted by Crippen LogP contribution is -2.58. The van der Waals surface area contributed by atoms with Crippen LogP contribution >= 0.6 is 0 Å². The first-order valence-electron chi connectivity index (χ1n) is 9.92. The lowest BCUT2D eigenvalue weighted by atomic mass is 9.85. The number of piperidine rings is 1. The van der Waals surface area contributed by atoms with Gasteiger partial charge >= 0.3 is 6.03 Å². The zero-order valence-electron chi connectivity index (χ0n) is 17.5. The molecule has 4 amide bonds. The molecule has 0 atom stereocenters. The third-order valence-corrected chi connectivity index (χ3v) is 5.70. The molecular weight excluding hydrogens is 374 g/mol. The molecule has 1 aromatic carbocycles. The molecule has 0 aliphatic carbocycles. The van der Waals surface area contributed by atoms with E-state index in [0.717, 1.165) is 5.56 Å². The second-order valence-electron chi connectivity index (χ2n) is 8.04. The van der Waals surface area contributed by atoms with Crippen molar-refractivity contribution < 1.29 is 23.9 Å². The summed E-state index contributed by atoms with van der Waals surface area (Å²) in [4.78, 5) is 41.0. The van der Waals surface area contributed by atoms with Crippen molar-refractivity contribution >= 4 is 17.8 Å². The standard InChI is InChI=1S/C21H29N3O5/c1-14(2)13-24-20(27)22-19(26)21(24)7-9-23(10-8-21)18(25)12-15-5-6-16(28-3)17(11-15)29-4/h5-6,11,14H,7-10,12-13H2,1-4H3,(H,22,26,27). The van der Waals surface area contributed by atoms with Crippen LogP contribution in [-0.4, -0.2) is 67.0 Å². The molecule has 1 aromatic rings. The van der Waals surface area contributed by atoms with Gasteiger partial charge in [-0.3, -0.25) is 14.9 Å². The Morgan fingerprint density at radius 3 is 2.38 bits per heavy atom. The van der Waals surface area contributed by atoms with Crippen LogP contribution in [0.25, 0.3) is 0 Å². The SMILES string of the molecule is COc1ccc(CC(=O)N2CCC3(CC2)C(=O)NC(=O)N3CC(C)C)cc1OC. The number of ether oxygens (including phenoxy) is 2. The Balaban J connectivity index is 1.66. The lowest BCUT2D eigenvalue weighted by Gasteiger charge is -2.42. The first-order valence-corrected chi connectivity index (χ1v) is 9.92. The first kappa shape index (κ1) is 21.0. The number of carbonyl (C=O) groups excluding carboxylic acids is 3. The maximum Gasteiger partial charge on any atom is 0.325 e. The van der Waals surface area contributed by atoms with Gasteiger partial charge in [-0.25, -0.2) is 4.79 Å². The third-order valence-electron chi connectivity index (χ3n) is 5.70. The molecular formula is C21H29N3O5. The molecule has 2 fully saturated rings. The maximum atomic E-state index is 12.8. The molecule has 3 rings (SSSR count). The number of hydrogen-bond acceptors (Lipinski definition) is 5. The highest BCUT2D eigenvalue weighted by molar-refractivity contribution is 6.07. The topological polar surface area (TPSA) is 88.2 Å². The van der Waals surface area contributed by atoms with Crippen LogP contribution in [0.3, 0.4) is 0 Å². The second kappa shape index (κ2) is 8.31. The summed E-state index contributed by atoms with van der Waals surface area (Å²) in [5.74, 6) is 1.21. The van der Waals surface area contributed by atoms with Crippen LogP contribution in [-0.2, 0) is 16.0 Å². The fourth-order valence-electron chi connectivity index (χ4n) is 4.12. The largest absolute Gasteiger partial charge is 0.493 e. The number of benzene rings is 1. The minimum absolute atomic E-state index is 0.00721. The number of nitrogens with one attached hydrogen (secondary N) is 1. The molecule has 0 unspecified atom stereocenters. The van der Waals surface area contributed by atoms with Crippen LogP contribution in [0.15, 0.2) is 18.2 Å². The maximum absolute atomic E-state index is 12.8. The number of carbonyl (C=O) groups is 3. The Bertz CT molecular complexity index is 800. The van der Waals surface area contributed by atoms with Gasteiger partial charge in [-0.05, 0) is 36.5 Å². The number of nitrogens with zero attached hydrogens (tertiary/aromatic N) is 2. The van der Waals surface area contributed by atoms with E-state index >= 15 is 0 Å². The highest BCUT2D eigenvalue weighted by Crippen LogP contribution is 2.34. The molecule has 2 aliphatic heterocycles. The van der Waals surface area contributed by atoms with Gasteiger partial charge in [0.25, 0.3) is 5.91 Å². The van der Waals surface area contributed by atoms with Crippen LogP contribution in [0.4, 0.5) is 4.79 Å². The second-order valence-corrected chi connectivity index (χ2v) is 8.04. The van der Waals surface area contributed by atoms with Crippen molar-refractivity contribution in [3.05, 3.63) is 23.8 Å². The van der Waals surface area contributed by atoms with Gasteiger partial charge in [0, 0.05) is 19.6 Å². The average Bonchev–Trinajstić information content (AvgIpc) is 2.92. The molecule has 0 bridgehead atoms. The summed E-state index contributed by atoms with van der Waals surface area (Å²) in [6.07, 6.45) is 1.15. The Morgan fingerprint density at radius 2 is 1.79 bits per heavy atom. The van der Waals surface area contributed by atoms with E-state index in [1.165, 1.54) is 0 Å². The molecule has 1 N–H and O–H groups in total. The number of methoxy groups -OCH3 is 2. The molecule has 1 spiro atoms. The molecule has 2 heterocycles. The summed E-state index contributed by atoms with van der Waals surface area (Å²) in [5.41, 5.74) is 0.00438. The molecule has 0 aromatic heterocycles. The van der Waals surface area contributed by atoms with Gasteiger partial charge in [-0.15, -0.1) is 0 Å². The van der Waals surface area contributed by atoms with Crippen LogP contribution in [0, 0.1) is 5.92 Å². The summed E-state index contributed by atoms with van der Waals surface area (Å²) in [5, 5.41) is 2.46. The average molecular weight is 403 g/mol. The Labute approximate surface area is 171 Å². The molecule has 8 heteroatoms. The summed E-state index contributed by atoms with van der Waals surface area (Å²) in [7, 11) is 3.13. The lowest BCUT2D eigenvalue weighted by molar-refractivity contribution is -0.137. The van der Waals surface area contributed by atoms with E-state index < -0.39 is 5.54 Å². The normalized spacial score (nSPS) is 18.4. The first-order chi connectivity index (χ1) is 13.8. The van der Waals surface area contributed by atoms with Gasteiger partial charge in [0.1, 0.15) is 5.54 Å². The molecule has 8 nitrogen and oxygen atoms in total. The summed E-state index contributed by atoms with van der Waals surface area (Å²) in [6, 6.07) is 5.10. The molecule has 2 aliphatic rings. The predicted octanol–water partition coefficient (Wildman–Crippen LogP) is 1.82. The monoisotopic (exact) mass is 403 g/mol. The minimum Gasteiger partial charge on any atom is -0.493 e. The number of urea groups is 1. The van der Waals surface area contributed by atoms with Crippen LogP contribution in [0.1, 0.15) is 32.3 Å². The molecule has 0 saturated carbocycles. The van der Waals surface area contributed by atoms with Crippen molar-refractivity contribution in [2.45, 2.75) is 38.6 Å². The Morgan fingerprint density at radius 1 is 1.14 bits per heavy atom. The van der Waals surface area contributed by atoms with E-state index in [4.69, 9.17) is 9.47 Å². The quantitative estimate of drug-likeness (QED) is 0.732. The number of likely N-dealkylation sites (tertiary alicyclic amines) is 1. The Hall–Kier alpha value is -2.77. The van der Waals surface area contributed by atoms with Crippen molar-refractivity contribution in [2.75, 3.05) is 33.9 Å². The summed E-state index contributed by atoms with van der Waals surface area (Å²) < 4.78 is 10.5. The van der Waals surface area contributed by atoms with Gasteiger partial charge in [0.15, 0.2) is 11.5 Å². The fourth-order valence-corrected chi connectivity index (χ4v) is 4.12. The smallest absolute Gasteiger partial charge is 0.325 e. The van der Waals surface area contributed by atoms with Gasteiger partial charge in [-0.1, -0.05) is 19.9 Å². The predicted molar refractivity (Wildman–Crippen MR) is 107 cm³/mol. The van der Waals surface area contributed by atoms with Gasteiger partial charge in [0.2, 0.25) is 5.91 Å². The molecule has 158 valence electrons. The van der Waals surface area contributed by atoms with E-state index in [1.54, 1.807) is 36.2 Å². The van der Waals surface area contributed by atoms with Gasteiger partial charge in [0.05, 0.1) is 20.6 Å². The highest BCUT2D eigenvalue weighted by atomic mass is 16.5. The van der Waals surface area contributed by atoms with E-state index in [9.17, 15) is 14.4 Å².